The average Bonchev–Trinajstić information content (AvgIpc) is 2.55. The van der Waals surface area contributed by atoms with E-state index < -0.39 is 0 Å². The van der Waals surface area contributed by atoms with Gasteiger partial charge in [-0.25, -0.2) is 4.79 Å². The smallest absolute Gasteiger partial charge is 0.410 e. The van der Waals surface area contributed by atoms with E-state index in [0.29, 0.717) is 19.7 Å². The molecule has 0 fully saturated rings. The van der Waals surface area contributed by atoms with Crippen LogP contribution in [-0.4, -0.2) is 29.1 Å². The number of carbonyl (C=O) groups excluding carboxylic acids is 1. The summed E-state index contributed by atoms with van der Waals surface area (Å²) in [4.78, 5) is 17.8. The summed E-state index contributed by atoms with van der Waals surface area (Å²) in [5, 5.41) is 0. The summed E-state index contributed by atoms with van der Waals surface area (Å²) >= 11 is 0. The van der Waals surface area contributed by atoms with Crippen LogP contribution < -0.4 is 0 Å². The molecule has 2 aromatic rings. The lowest BCUT2D eigenvalue weighted by Gasteiger charge is -2.20. The van der Waals surface area contributed by atoms with E-state index in [1.54, 1.807) is 17.3 Å². The first kappa shape index (κ1) is 15.0. The van der Waals surface area contributed by atoms with E-state index in [0.717, 1.165) is 12.0 Å². The molecule has 110 valence electrons. The number of hydrogen-bond acceptors (Lipinski definition) is 3. The third-order valence-corrected chi connectivity index (χ3v) is 3.26. The number of hydrogen-bond donors (Lipinski definition) is 0. The number of amides is 1. The first-order valence-electron chi connectivity index (χ1n) is 7.14. The minimum Gasteiger partial charge on any atom is -0.445 e. The molecule has 0 N–H and O–H groups in total. The van der Waals surface area contributed by atoms with Crippen molar-refractivity contribution in [1.29, 1.82) is 0 Å². The molecule has 0 unspecified atom stereocenters. The van der Waals surface area contributed by atoms with Crippen molar-refractivity contribution in [3.63, 3.8) is 0 Å². The molecule has 0 aliphatic carbocycles. The zero-order valence-electron chi connectivity index (χ0n) is 12.2. The molecule has 1 heterocycles. The van der Waals surface area contributed by atoms with Crippen molar-refractivity contribution in [2.24, 2.45) is 0 Å². The second-order valence-corrected chi connectivity index (χ2v) is 4.73. The van der Waals surface area contributed by atoms with Gasteiger partial charge in [0.2, 0.25) is 0 Å². The number of aromatic nitrogens is 1. The summed E-state index contributed by atoms with van der Waals surface area (Å²) in [5.41, 5.74) is 2.16. The van der Waals surface area contributed by atoms with Crippen LogP contribution in [0.15, 0.2) is 54.9 Å². The zero-order valence-corrected chi connectivity index (χ0v) is 12.2. The van der Waals surface area contributed by atoms with Crippen molar-refractivity contribution in [3.05, 3.63) is 66.0 Å². The maximum absolute atomic E-state index is 12.1. The van der Waals surface area contributed by atoms with Crippen LogP contribution >= 0.6 is 0 Å². The van der Waals surface area contributed by atoms with Crippen molar-refractivity contribution in [3.8, 4) is 0 Å². The van der Waals surface area contributed by atoms with Gasteiger partial charge in [0.25, 0.3) is 0 Å². The van der Waals surface area contributed by atoms with E-state index in [-0.39, 0.29) is 6.09 Å². The summed E-state index contributed by atoms with van der Waals surface area (Å²) in [6, 6.07) is 13.6. The van der Waals surface area contributed by atoms with E-state index in [1.165, 1.54) is 5.56 Å². The SMILES string of the molecule is CCN(CCc1ccncc1)C(=O)OCc1ccccc1. The van der Waals surface area contributed by atoms with Crippen LogP contribution in [0, 0.1) is 0 Å². The summed E-state index contributed by atoms with van der Waals surface area (Å²) in [6.07, 6.45) is 4.06. The van der Waals surface area contributed by atoms with Gasteiger partial charge in [0, 0.05) is 25.5 Å². The highest BCUT2D eigenvalue weighted by atomic mass is 16.6. The first-order valence-corrected chi connectivity index (χ1v) is 7.14. The molecule has 1 aromatic heterocycles. The maximum Gasteiger partial charge on any atom is 0.410 e. The van der Waals surface area contributed by atoms with Crippen LogP contribution in [0.1, 0.15) is 18.1 Å². The highest BCUT2D eigenvalue weighted by Crippen LogP contribution is 2.05. The number of likely N-dealkylation sites (N-methyl/N-ethyl adjacent to an activating group) is 1. The number of pyridine rings is 1. The van der Waals surface area contributed by atoms with E-state index in [9.17, 15) is 4.79 Å². The van der Waals surface area contributed by atoms with Gasteiger partial charge >= 0.3 is 6.09 Å². The summed E-state index contributed by atoms with van der Waals surface area (Å²) < 4.78 is 5.34. The van der Waals surface area contributed by atoms with Crippen LogP contribution in [0.4, 0.5) is 4.79 Å². The van der Waals surface area contributed by atoms with Crippen molar-refractivity contribution in [1.82, 2.24) is 9.88 Å². The lowest BCUT2D eigenvalue weighted by atomic mass is 10.2. The Morgan fingerprint density at radius 3 is 2.48 bits per heavy atom. The topological polar surface area (TPSA) is 42.4 Å². The molecule has 0 aliphatic heterocycles. The Labute approximate surface area is 125 Å². The Morgan fingerprint density at radius 1 is 1.10 bits per heavy atom. The third-order valence-electron chi connectivity index (χ3n) is 3.26. The minimum absolute atomic E-state index is 0.268. The molecule has 1 amide bonds. The Morgan fingerprint density at radius 2 is 1.81 bits per heavy atom. The van der Waals surface area contributed by atoms with Crippen molar-refractivity contribution >= 4 is 6.09 Å². The molecule has 0 saturated heterocycles. The second-order valence-electron chi connectivity index (χ2n) is 4.73. The Hall–Kier alpha value is -2.36. The normalized spacial score (nSPS) is 10.1. The average molecular weight is 284 g/mol. The third kappa shape index (κ3) is 4.91. The molecular weight excluding hydrogens is 264 g/mol. The number of rotatable bonds is 6. The highest BCUT2D eigenvalue weighted by Gasteiger charge is 2.12. The minimum atomic E-state index is -0.268. The van der Waals surface area contributed by atoms with Crippen LogP contribution in [-0.2, 0) is 17.8 Å². The Kier molecular flexibility index (Phi) is 5.76. The molecule has 1 aromatic carbocycles. The van der Waals surface area contributed by atoms with Gasteiger partial charge in [0.15, 0.2) is 0 Å². The molecule has 0 atom stereocenters. The predicted octanol–water partition coefficient (Wildman–Crippen LogP) is 3.28. The zero-order chi connectivity index (χ0) is 14.9. The molecule has 2 rings (SSSR count). The maximum atomic E-state index is 12.1. The predicted molar refractivity (Wildman–Crippen MR) is 81.8 cm³/mol. The molecule has 0 radical (unpaired) electrons. The fraction of sp³-hybridized carbons (Fsp3) is 0.294. The molecule has 0 bridgehead atoms. The van der Waals surface area contributed by atoms with E-state index in [4.69, 9.17) is 4.74 Å². The van der Waals surface area contributed by atoms with Gasteiger partial charge in [0.05, 0.1) is 0 Å². The molecule has 0 saturated carbocycles. The second kappa shape index (κ2) is 8.04. The van der Waals surface area contributed by atoms with E-state index in [1.807, 2.05) is 49.4 Å². The molecule has 4 nitrogen and oxygen atoms in total. The van der Waals surface area contributed by atoms with Gasteiger partial charge in [-0.15, -0.1) is 0 Å². The summed E-state index contributed by atoms with van der Waals surface area (Å²) in [5.74, 6) is 0. The van der Waals surface area contributed by atoms with Crippen LogP contribution in [0.2, 0.25) is 0 Å². The summed E-state index contributed by atoms with van der Waals surface area (Å²) in [7, 11) is 0. The van der Waals surface area contributed by atoms with Crippen molar-refractivity contribution in [2.45, 2.75) is 20.0 Å². The van der Waals surface area contributed by atoms with Gasteiger partial charge in [-0.1, -0.05) is 30.3 Å². The van der Waals surface area contributed by atoms with Gasteiger partial charge in [0.1, 0.15) is 6.61 Å². The van der Waals surface area contributed by atoms with Crippen molar-refractivity contribution in [2.75, 3.05) is 13.1 Å². The quantitative estimate of drug-likeness (QED) is 0.817. The number of nitrogens with zero attached hydrogens (tertiary/aromatic N) is 2. The van der Waals surface area contributed by atoms with Gasteiger partial charge in [-0.05, 0) is 36.6 Å². The highest BCUT2D eigenvalue weighted by molar-refractivity contribution is 5.67. The molecule has 4 heteroatoms. The van der Waals surface area contributed by atoms with Crippen LogP contribution in [0.3, 0.4) is 0 Å². The lowest BCUT2D eigenvalue weighted by Crippen LogP contribution is -2.33. The molecule has 21 heavy (non-hydrogen) atoms. The van der Waals surface area contributed by atoms with Crippen molar-refractivity contribution < 1.29 is 9.53 Å². The summed E-state index contributed by atoms with van der Waals surface area (Å²) in [6.45, 7) is 3.55. The number of benzene rings is 1. The van der Waals surface area contributed by atoms with Gasteiger partial charge in [-0.3, -0.25) is 4.98 Å². The first-order chi connectivity index (χ1) is 10.3. The fourth-order valence-corrected chi connectivity index (χ4v) is 2.00. The van der Waals surface area contributed by atoms with Gasteiger partial charge in [-0.2, -0.15) is 0 Å². The van der Waals surface area contributed by atoms with Crippen LogP contribution in [0.25, 0.3) is 0 Å². The lowest BCUT2D eigenvalue weighted by molar-refractivity contribution is 0.0984. The standard InChI is InChI=1S/C17H20N2O2/c1-2-19(13-10-15-8-11-18-12-9-15)17(20)21-14-16-6-4-3-5-7-16/h3-9,11-12H,2,10,13-14H2,1H3. The largest absolute Gasteiger partial charge is 0.445 e. The van der Waals surface area contributed by atoms with Crippen LogP contribution in [0.5, 0.6) is 0 Å². The molecule has 0 aliphatic rings. The Bertz CT molecular complexity index is 543. The molecule has 0 spiro atoms. The Balaban J connectivity index is 1.81. The fourth-order valence-electron chi connectivity index (χ4n) is 2.00. The van der Waals surface area contributed by atoms with E-state index >= 15 is 0 Å². The number of carbonyl (C=O) groups is 1. The monoisotopic (exact) mass is 284 g/mol. The van der Waals surface area contributed by atoms with Gasteiger partial charge < -0.3 is 9.64 Å². The number of ether oxygens (including phenoxy) is 1. The molecular formula is C17H20N2O2. The van der Waals surface area contributed by atoms with E-state index in [2.05, 4.69) is 4.98 Å².